The Kier molecular flexibility index (Phi) is 16.1. The van der Waals surface area contributed by atoms with Crippen LogP contribution in [0, 0.1) is 22.7 Å². The summed E-state index contributed by atoms with van der Waals surface area (Å²) in [5.74, 6) is -2.79. The molecule has 1 aliphatic rings. The summed E-state index contributed by atoms with van der Waals surface area (Å²) in [5, 5.41) is 11.0. The van der Waals surface area contributed by atoms with Crippen LogP contribution < -0.4 is 21.3 Å². The van der Waals surface area contributed by atoms with Gasteiger partial charge in [0.15, 0.2) is 0 Å². The minimum Gasteiger partial charge on any atom is -0.346 e. The summed E-state index contributed by atoms with van der Waals surface area (Å²) in [6.45, 7) is 20.8. The Morgan fingerprint density at radius 3 is 2.12 bits per heavy atom. The lowest BCUT2D eigenvalue weighted by atomic mass is 9.84. The van der Waals surface area contributed by atoms with Crippen LogP contribution in [0.1, 0.15) is 88.0 Å². The van der Waals surface area contributed by atoms with Gasteiger partial charge in [0.05, 0.1) is 10.9 Å². The highest BCUT2D eigenvalue weighted by Gasteiger charge is 2.48. The number of hydrogen-bond acceptors (Lipinski definition) is 7. The van der Waals surface area contributed by atoms with Crippen molar-refractivity contribution in [2.45, 2.75) is 117 Å². The maximum atomic E-state index is 14.5. The molecule has 292 valence electrons. The number of carbonyl (C=O) groups is 5. The van der Waals surface area contributed by atoms with Crippen LogP contribution in [0.15, 0.2) is 47.9 Å². The van der Waals surface area contributed by atoms with Gasteiger partial charge in [0.1, 0.15) is 12.1 Å². The molecule has 14 heteroatoms. The van der Waals surface area contributed by atoms with Crippen LogP contribution in [0.2, 0.25) is 0 Å². The van der Waals surface area contributed by atoms with E-state index in [0.717, 1.165) is 6.42 Å². The molecule has 5 amide bonds. The average molecular weight is 747 g/mol. The van der Waals surface area contributed by atoms with Crippen molar-refractivity contribution in [1.82, 2.24) is 30.5 Å². The largest absolute Gasteiger partial charge is 0.346 e. The first-order chi connectivity index (χ1) is 24.1. The number of Topliss-reactive ketones (excluding diaryl/α,β-unsaturated/α-hetero) is 1. The molecular weight excluding hydrogens is 685 g/mol. The molecule has 13 nitrogen and oxygen atoms in total. The molecule has 1 aliphatic heterocycles. The van der Waals surface area contributed by atoms with Crippen molar-refractivity contribution in [1.29, 1.82) is 0 Å². The molecule has 1 aromatic carbocycles. The number of nitrogens with zero attached hydrogens (tertiary/aromatic N) is 2. The van der Waals surface area contributed by atoms with E-state index < -0.39 is 74.6 Å². The fraction of sp³-hybridized carbons (Fsp3) is 0.658. The van der Waals surface area contributed by atoms with Crippen LogP contribution in [0.5, 0.6) is 0 Å². The fourth-order valence-electron chi connectivity index (χ4n) is 6.25. The zero-order valence-corrected chi connectivity index (χ0v) is 33.6. The zero-order valence-electron chi connectivity index (χ0n) is 32.7. The van der Waals surface area contributed by atoms with Crippen LogP contribution in [0.4, 0.5) is 4.79 Å². The molecule has 52 heavy (non-hydrogen) atoms. The number of nitrogens with one attached hydrogen (secondary N) is 4. The summed E-state index contributed by atoms with van der Waals surface area (Å²) >= 11 is 0. The molecule has 0 radical (unpaired) electrons. The third-order valence-electron chi connectivity index (χ3n) is 9.59. The number of benzene rings is 1. The zero-order chi connectivity index (χ0) is 39.6. The van der Waals surface area contributed by atoms with Gasteiger partial charge < -0.3 is 26.2 Å². The summed E-state index contributed by atoms with van der Waals surface area (Å²) in [5.41, 5.74) is -1.37. The summed E-state index contributed by atoms with van der Waals surface area (Å²) in [4.78, 5) is 69.5. The molecule has 0 aliphatic carbocycles. The van der Waals surface area contributed by atoms with Gasteiger partial charge >= 0.3 is 6.03 Å². The van der Waals surface area contributed by atoms with Crippen molar-refractivity contribution in [3.8, 4) is 0 Å². The number of rotatable bonds is 17. The predicted octanol–water partition coefficient (Wildman–Crippen LogP) is 3.86. The number of likely N-dealkylation sites (N-methyl/N-ethyl adjacent to an activating group) is 1. The highest BCUT2D eigenvalue weighted by atomic mass is 32.2. The van der Waals surface area contributed by atoms with Crippen LogP contribution in [-0.4, -0.2) is 98.0 Å². The second kappa shape index (κ2) is 18.8. The number of carbonyl (C=O) groups excluding carboxylic acids is 5. The van der Waals surface area contributed by atoms with Gasteiger partial charge in [0.2, 0.25) is 27.6 Å². The summed E-state index contributed by atoms with van der Waals surface area (Å²) < 4.78 is 27.8. The topological polar surface area (TPSA) is 174 Å². The summed E-state index contributed by atoms with van der Waals surface area (Å²) in [6.07, 6.45) is 3.59. The average Bonchev–Trinajstić information content (AvgIpc) is 3.52. The third kappa shape index (κ3) is 11.9. The van der Waals surface area contributed by atoms with E-state index in [1.54, 1.807) is 18.2 Å². The molecule has 1 unspecified atom stereocenters. The molecule has 0 saturated carbocycles. The Balaban J connectivity index is 2.36. The van der Waals surface area contributed by atoms with Crippen molar-refractivity contribution in [3.05, 3.63) is 43.0 Å². The number of sulfonamides is 1. The van der Waals surface area contributed by atoms with Gasteiger partial charge in [-0.05, 0) is 47.6 Å². The first-order valence-corrected chi connectivity index (χ1v) is 19.6. The molecule has 0 aromatic heterocycles. The SMILES string of the molecule is C=CCNC(=O)C(=O)C(CCCC)NC(=O)[C@@H]1[C@@H](C(C)C)CCN1C(=O)[C@@H](NC(=O)N[C@H](CN(C)S(=O)(=O)c1ccccc1)C(C)(C)C)C(C)(C)C. The van der Waals surface area contributed by atoms with E-state index in [2.05, 4.69) is 27.8 Å². The Bertz CT molecular complexity index is 1520. The van der Waals surface area contributed by atoms with Crippen molar-refractivity contribution in [2.75, 3.05) is 26.7 Å². The number of ketones is 1. The number of hydrogen-bond donors (Lipinski definition) is 4. The van der Waals surface area contributed by atoms with E-state index in [-0.39, 0.29) is 42.8 Å². The second-order valence-electron chi connectivity index (χ2n) is 16.2. The maximum Gasteiger partial charge on any atom is 0.315 e. The van der Waals surface area contributed by atoms with Crippen molar-refractivity contribution in [2.24, 2.45) is 22.7 Å². The van der Waals surface area contributed by atoms with E-state index in [4.69, 9.17) is 0 Å². The van der Waals surface area contributed by atoms with Crippen LogP contribution >= 0.6 is 0 Å². The molecule has 0 bridgehead atoms. The van der Waals surface area contributed by atoms with Crippen LogP contribution in [0.3, 0.4) is 0 Å². The Morgan fingerprint density at radius 2 is 1.60 bits per heavy atom. The normalized spacial score (nSPS) is 18.3. The van der Waals surface area contributed by atoms with E-state index in [1.165, 1.54) is 34.5 Å². The lowest BCUT2D eigenvalue weighted by molar-refractivity contribution is -0.144. The monoisotopic (exact) mass is 746 g/mol. The smallest absolute Gasteiger partial charge is 0.315 e. The van der Waals surface area contributed by atoms with Gasteiger partial charge in [-0.1, -0.05) is 99.4 Å². The van der Waals surface area contributed by atoms with Gasteiger partial charge in [0.25, 0.3) is 5.91 Å². The molecule has 5 atom stereocenters. The van der Waals surface area contributed by atoms with Crippen molar-refractivity contribution >= 4 is 39.6 Å². The molecular formula is C38H62N6O7S. The van der Waals surface area contributed by atoms with E-state index in [0.29, 0.717) is 12.8 Å². The first-order valence-electron chi connectivity index (χ1n) is 18.2. The maximum absolute atomic E-state index is 14.5. The molecule has 1 aromatic rings. The van der Waals surface area contributed by atoms with Gasteiger partial charge in [0, 0.05) is 32.7 Å². The standard InChI is InChI=1S/C38H62N6O7S/c1-12-14-20-28(31(45)34(47)39-22-13-2)40-33(46)30-27(25(3)4)21-23-44(30)35(48)32(38(8,9)10)42-36(49)41-29(37(5,6)7)24-43(11)52(50,51)26-18-16-15-17-19-26/h13,15-19,25,27-30,32H,2,12,14,20-24H2,1,3-11H3,(H,39,47)(H,40,46)(H2,41,42,49)/t27-,28?,29-,30+,32-/m1/s1. The van der Waals surface area contributed by atoms with Gasteiger partial charge in [-0.15, -0.1) is 6.58 Å². The Labute approximate surface area is 311 Å². The Hall–Kier alpha value is -3.78. The van der Waals surface area contributed by atoms with E-state index in [1.807, 2.05) is 62.3 Å². The van der Waals surface area contributed by atoms with Crippen LogP contribution in [-0.2, 0) is 29.2 Å². The number of likely N-dealkylation sites (tertiary alicyclic amines) is 1. The van der Waals surface area contributed by atoms with Crippen molar-refractivity contribution < 1.29 is 32.4 Å². The lowest BCUT2D eigenvalue weighted by Gasteiger charge is -2.38. The molecule has 1 heterocycles. The number of amides is 5. The molecule has 2 rings (SSSR count). The molecule has 0 spiro atoms. The first kappa shape index (κ1) is 44.4. The van der Waals surface area contributed by atoms with Crippen molar-refractivity contribution in [3.63, 3.8) is 0 Å². The minimum absolute atomic E-state index is 0.00951. The minimum atomic E-state index is -3.84. The van der Waals surface area contributed by atoms with E-state index in [9.17, 15) is 32.4 Å². The second-order valence-corrected chi connectivity index (χ2v) is 18.2. The molecule has 1 saturated heterocycles. The predicted molar refractivity (Wildman–Crippen MR) is 203 cm³/mol. The highest BCUT2D eigenvalue weighted by Crippen LogP contribution is 2.33. The quantitative estimate of drug-likeness (QED) is 0.138. The van der Waals surface area contributed by atoms with Crippen LogP contribution in [0.25, 0.3) is 0 Å². The number of unbranched alkanes of at least 4 members (excludes halogenated alkanes) is 1. The number of urea groups is 1. The van der Waals surface area contributed by atoms with Gasteiger partial charge in [-0.25, -0.2) is 13.2 Å². The summed E-state index contributed by atoms with van der Waals surface area (Å²) in [6, 6.07) is 3.66. The summed E-state index contributed by atoms with van der Waals surface area (Å²) in [7, 11) is -2.38. The molecule has 1 fully saturated rings. The fourth-order valence-corrected chi connectivity index (χ4v) is 7.46. The highest BCUT2D eigenvalue weighted by molar-refractivity contribution is 7.89. The lowest BCUT2D eigenvalue weighted by Crippen LogP contribution is -2.62. The Morgan fingerprint density at radius 1 is 0.981 bits per heavy atom. The molecule has 4 N–H and O–H groups in total. The van der Waals surface area contributed by atoms with Gasteiger partial charge in [-0.3, -0.25) is 19.2 Å². The van der Waals surface area contributed by atoms with Gasteiger partial charge in [-0.2, -0.15) is 4.31 Å². The third-order valence-corrected chi connectivity index (χ3v) is 11.4. The van der Waals surface area contributed by atoms with E-state index >= 15 is 0 Å².